The molecule has 0 radical (unpaired) electrons. The summed E-state index contributed by atoms with van der Waals surface area (Å²) in [5.41, 5.74) is 8.76. The lowest BCUT2D eigenvalue weighted by Gasteiger charge is -2.04. The van der Waals surface area contributed by atoms with Crippen LogP contribution in [0.5, 0.6) is 0 Å². The maximum Gasteiger partial charge on any atom is 0.201 e. The summed E-state index contributed by atoms with van der Waals surface area (Å²) in [4.78, 5) is 10.3. The van der Waals surface area contributed by atoms with Crippen molar-refractivity contribution in [3.63, 3.8) is 0 Å². The maximum atomic E-state index is 7.13. The lowest BCUT2D eigenvalue weighted by molar-refractivity contribution is 1.44. The molecule has 0 unspecified atom stereocenters. The van der Waals surface area contributed by atoms with Gasteiger partial charge >= 0.3 is 0 Å². The van der Waals surface area contributed by atoms with Gasteiger partial charge in [0.1, 0.15) is 0 Å². The molecule has 0 saturated carbocycles. The number of rotatable bonds is 3. The van der Waals surface area contributed by atoms with Crippen LogP contribution < -0.4 is 0 Å². The smallest absolute Gasteiger partial charge is 0.201 e. The molecule has 5 aromatic rings. The van der Waals surface area contributed by atoms with Crippen molar-refractivity contribution in [2.24, 2.45) is 0 Å². The molecule has 0 fully saturated rings. The monoisotopic (exact) mass is 645 g/mol. The SMILES string of the molecule is [C-]#[N+]c1ccccc1-c1ccc(C)cc1.[C-]#[N+]c1ccccc1-c1ccc(CBr)cc1.[C-]#[N+]c1ccccc1Br. The van der Waals surface area contributed by atoms with Crippen LogP contribution in [0.4, 0.5) is 17.1 Å². The second kappa shape index (κ2) is 15.8. The first-order valence-corrected chi connectivity index (χ1v) is 14.2. The van der Waals surface area contributed by atoms with E-state index in [-0.39, 0.29) is 0 Å². The average molecular weight is 647 g/mol. The van der Waals surface area contributed by atoms with Gasteiger partial charge in [0.25, 0.3) is 0 Å². The summed E-state index contributed by atoms with van der Waals surface area (Å²) in [5, 5.41) is 0.859. The third-order valence-corrected chi connectivity index (χ3v) is 7.12. The van der Waals surface area contributed by atoms with E-state index in [1.54, 1.807) is 6.07 Å². The van der Waals surface area contributed by atoms with Crippen LogP contribution in [0.25, 0.3) is 36.8 Å². The molecular formula is C35H25Br2N3. The Labute approximate surface area is 253 Å². The van der Waals surface area contributed by atoms with E-state index < -0.39 is 0 Å². The summed E-state index contributed by atoms with van der Waals surface area (Å²) in [7, 11) is 0. The first-order chi connectivity index (χ1) is 19.5. The Morgan fingerprint density at radius 2 is 0.925 bits per heavy atom. The maximum absolute atomic E-state index is 7.13. The van der Waals surface area contributed by atoms with Gasteiger partial charge in [-0.1, -0.05) is 159 Å². The second-order valence-corrected chi connectivity index (χ2v) is 9.93. The van der Waals surface area contributed by atoms with Crippen LogP contribution in [-0.2, 0) is 5.33 Å². The zero-order chi connectivity index (χ0) is 28.7. The van der Waals surface area contributed by atoms with Gasteiger partial charge in [-0.2, -0.15) is 0 Å². The summed E-state index contributed by atoms with van der Waals surface area (Å²) in [5.74, 6) is 0. The van der Waals surface area contributed by atoms with Crippen molar-refractivity contribution in [2.45, 2.75) is 12.3 Å². The Hall–Kier alpha value is -4.47. The molecule has 0 saturated heterocycles. The van der Waals surface area contributed by atoms with Crippen LogP contribution >= 0.6 is 31.9 Å². The fraction of sp³-hybridized carbons (Fsp3) is 0.0571. The standard InChI is InChI=1S/C14H10BrN.C14H11N.C7H4BrN/c1-16-14-5-3-2-4-13(14)12-8-6-11(10-15)7-9-12;1-11-7-9-12(10-8-11)13-5-3-4-6-14(13)15-2;1-9-7-5-3-2-4-6(7)8/h2-9H,10H2;3-10H,1H3;2-5H. The molecule has 5 heteroatoms. The fourth-order valence-electron chi connectivity index (χ4n) is 3.68. The van der Waals surface area contributed by atoms with Crippen molar-refractivity contribution >= 4 is 48.9 Å². The fourth-order valence-corrected chi connectivity index (χ4v) is 4.43. The highest BCUT2D eigenvalue weighted by Gasteiger charge is 2.04. The van der Waals surface area contributed by atoms with Crippen molar-refractivity contribution in [3.8, 4) is 22.3 Å². The minimum absolute atomic E-state index is 0.664. The first-order valence-electron chi connectivity index (χ1n) is 12.3. The van der Waals surface area contributed by atoms with E-state index in [9.17, 15) is 0 Å². The molecule has 0 bridgehead atoms. The molecule has 5 rings (SSSR count). The van der Waals surface area contributed by atoms with Crippen molar-refractivity contribution in [1.82, 2.24) is 0 Å². The number of aryl methyl sites for hydroxylation is 1. The first kappa shape index (κ1) is 30.1. The highest BCUT2D eigenvalue weighted by molar-refractivity contribution is 9.10. The number of alkyl halides is 1. The molecule has 0 amide bonds. The number of hydrogen-bond acceptors (Lipinski definition) is 0. The average Bonchev–Trinajstić information content (AvgIpc) is 3.02. The Balaban J connectivity index is 0.000000172. The van der Waals surface area contributed by atoms with Crippen molar-refractivity contribution in [2.75, 3.05) is 0 Å². The number of halogens is 2. The molecule has 0 heterocycles. The zero-order valence-electron chi connectivity index (χ0n) is 21.9. The van der Waals surface area contributed by atoms with Gasteiger partial charge in [-0.15, -0.1) is 0 Å². The molecule has 0 spiro atoms. The van der Waals surface area contributed by atoms with E-state index >= 15 is 0 Å². The molecule has 0 atom stereocenters. The van der Waals surface area contributed by atoms with Crippen LogP contribution in [-0.4, -0.2) is 0 Å². The molecule has 194 valence electrons. The van der Waals surface area contributed by atoms with Gasteiger partial charge in [-0.3, -0.25) is 0 Å². The Kier molecular flexibility index (Phi) is 11.9. The molecule has 3 nitrogen and oxygen atoms in total. The predicted octanol–water partition coefficient (Wildman–Crippen LogP) is 12.0. The summed E-state index contributed by atoms with van der Waals surface area (Å²) in [6.45, 7) is 23.0. The van der Waals surface area contributed by atoms with Crippen molar-refractivity contribution in [3.05, 3.63) is 171 Å². The minimum atomic E-state index is 0.664. The zero-order valence-corrected chi connectivity index (χ0v) is 25.0. The topological polar surface area (TPSA) is 13.1 Å². The third kappa shape index (κ3) is 8.52. The molecule has 40 heavy (non-hydrogen) atoms. The third-order valence-electron chi connectivity index (χ3n) is 5.80. The quantitative estimate of drug-likeness (QED) is 0.137. The van der Waals surface area contributed by atoms with E-state index in [1.165, 1.54) is 11.1 Å². The van der Waals surface area contributed by atoms with Crippen molar-refractivity contribution < 1.29 is 0 Å². The summed E-state index contributed by atoms with van der Waals surface area (Å²) < 4.78 is 0.861. The molecule has 0 aliphatic heterocycles. The minimum Gasteiger partial charge on any atom is -0.238 e. The number of hydrogen-bond donors (Lipinski definition) is 0. The van der Waals surface area contributed by atoms with Gasteiger partial charge in [-0.25, -0.2) is 14.5 Å². The van der Waals surface area contributed by atoms with E-state index in [0.29, 0.717) is 17.1 Å². The van der Waals surface area contributed by atoms with Gasteiger partial charge in [0.05, 0.1) is 19.7 Å². The molecule has 0 aromatic heterocycles. The number of nitrogens with zero attached hydrogens (tertiary/aromatic N) is 3. The molecule has 5 aromatic carbocycles. The van der Waals surface area contributed by atoms with Gasteiger partial charge < -0.3 is 0 Å². The summed E-state index contributed by atoms with van der Waals surface area (Å²) >= 11 is 6.66. The lowest BCUT2D eigenvalue weighted by Crippen LogP contribution is -1.80. The van der Waals surface area contributed by atoms with E-state index in [1.807, 2.05) is 66.7 Å². The molecule has 0 aliphatic carbocycles. The van der Waals surface area contributed by atoms with Gasteiger partial charge in [-0.05, 0) is 34.7 Å². The summed E-state index contributed by atoms with van der Waals surface area (Å²) in [6, 6.07) is 39.2. The summed E-state index contributed by atoms with van der Waals surface area (Å²) in [6.07, 6.45) is 0. The Bertz CT molecular complexity index is 1670. The predicted molar refractivity (Wildman–Crippen MR) is 174 cm³/mol. The molecular weight excluding hydrogens is 622 g/mol. The van der Waals surface area contributed by atoms with Crippen LogP contribution in [0.1, 0.15) is 11.1 Å². The normalized spacial score (nSPS) is 9.40. The largest absolute Gasteiger partial charge is 0.238 e. The van der Waals surface area contributed by atoms with Crippen molar-refractivity contribution in [1.29, 1.82) is 0 Å². The Morgan fingerprint density at radius 3 is 1.32 bits per heavy atom. The molecule has 0 aliphatic rings. The van der Waals surface area contributed by atoms with Crippen LogP contribution in [0.2, 0.25) is 0 Å². The lowest BCUT2D eigenvalue weighted by atomic mass is 10.0. The van der Waals surface area contributed by atoms with Crippen LogP contribution in [0.3, 0.4) is 0 Å². The Morgan fingerprint density at radius 1 is 0.525 bits per heavy atom. The van der Waals surface area contributed by atoms with Gasteiger partial charge in [0, 0.05) is 9.80 Å². The van der Waals surface area contributed by atoms with E-state index in [2.05, 4.69) is 102 Å². The van der Waals surface area contributed by atoms with E-state index in [0.717, 1.165) is 32.1 Å². The highest BCUT2D eigenvalue weighted by Crippen LogP contribution is 2.31. The number of benzene rings is 5. The number of para-hydroxylation sites is 3. The van der Waals surface area contributed by atoms with Crippen LogP contribution in [0.15, 0.2) is 126 Å². The van der Waals surface area contributed by atoms with Gasteiger partial charge in [0.15, 0.2) is 11.4 Å². The van der Waals surface area contributed by atoms with E-state index in [4.69, 9.17) is 19.7 Å². The molecule has 0 N–H and O–H groups in total. The van der Waals surface area contributed by atoms with Crippen LogP contribution in [0, 0.1) is 26.6 Å². The van der Waals surface area contributed by atoms with Gasteiger partial charge in [0.2, 0.25) is 5.69 Å². The second-order valence-electron chi connectivity index (χ2n) is 8.52. The highest BCUT2D eigenvalue weighted by atomic mass is 79.9.